The first-order valence-corrected chi connectivity index (χ1v) is 7.00. The highest BCUT2D eigenvalue weighted by molar-refractivity contribution is 5.96. The third-order valence-corrected chi connectivity index (χ3v) is 3.81. The number of carbonyl (C=O) groups excluding carboxylic acids is 1. The predicted octanol–water partition coefficient (Wildman–Crippen LogP) is 2.21. The molecule has 2 atom stereocenters. The van der Waals surface area contributed by atoms with Gasteiger partial charge in [-0.3, -0.25) is 4.79 Å². The van der Waals surface area contributed by atoms with Crippen molar-refractivity contribution in [3.05, 3.63) is 24.3 Å². The van der Waals surface area contributed by atoms with Crippen LogP contribution >= 0.6 is 0 Å². The molecule has 0 aliphatic carbocycles. The highest BCUT2D eigenvalue weighted by Crippen LogP contribution is 2.28. The summed E-state index contributed by atoms with van der Waals surface area (Å²) in [6.07, 6.45) is 2.44. The molecule has 1 fully saturated rings. The Bertz CT molecular complexity index is 439. The lowest BCUT2D eigenvalue weighted by Crippen LogP contribution is -2.34. The van der Waals surface area contributed by atoms with E-state index in [9.17, 15) is 4.79 Å². The van der Waals surface area contributed by atoms with Crippen LogP contribution < -0.4 is 16.0 Å². The summed E-state index contributed by atoms with van der Waals surface area (Å²) >= 11 is 0. The van der Waals surface area contributed by atoms with Crippen LogP contribution in [0.3, 0.4) is 0 Å². The van der Waals surface area contributed by atoms with Gasteiger partial charge in [0.2, 0.25) is 5.91 Å². The Kier molecular flexibility index (Phi) is 4.43. The maximum absolute atomic E-state index is 12.1. The number of rotatable bonds is 4. The van der Waals surface area contributed by atoms with Crippen LogP contribution in [0.1, 0.15) is 26.7 Å². The van der Waals surface area contributed by atoms with E-state index >= 15 is 0 Å². The molecule has 0 spiro atoms. The number of nitrogens with two attached hydrogens (primary N) is 1. The Morgan fingerprint density at radius 2 is 1.89 bits per heavy atom. The number of nitrogens with zero attached hydrogens (tertiary/aromatic N) is 1. The van der Waals surface area contributed by atoms with Crippen molar-refractivity contribution in [1.82, 2.24) is 0 Å². The lowest BCUT2D eigenvalue weighted by atomic mass is 10.0. The number of nitrogens with one attached hydrogen (secondary N) is 1. The number of hydrogen-bond acceptors (Lipinski definition) is 3. The minimum absolute atomic E-state index is 0.0124. The molecule has 2 rings (SSSR count). The third kappa shape index (κ3) is 3.26. The molecular weight excluding hydrogens is 238 g/mol. The average Bonchev–Trinajstić information content (AvgIpc) is 2.92. The van der Waals surface area contributed by atoms with Gasteiger partial charge in [0.15, 0.2) is 0 Å². The average molecular weight is 261 g/mol. The number of hydrogen-bond donors (Lipinski definition) is 2. The van der Waals surface area contributed by atoms with Gasteiger partial charge in [-0.05, 0) is 31.9 Å². The quantitative estimate of drug-likeness (QED) is 0.873. The van der Waals surface area contributed by atoms with Gasteiger partial charge >= 0.3 is 0 Å². The fourth-order valence-electron chi connectivity index (χ4n) is 2.30. The molecular formula is C15H23N3O. The first-order valence-electron chi connectivity index (χ1n) is 7.00. The molecule has 1 aromatic carbocycles. The normalized spacial score (nSPS) is 18.2. The molecule has 1 heterocycles. The number of benzene rings is 1. The van der Waals surface area contributed by atoms with Crippen molar-refractivity contribution in [3.63, 3.8) is 0 Å². The van der Waals surface area contributed by atoms with E-state index in [1.54, 1.807) is 0 Å². The summed E-state index contributed by atoms with van der Waals surface area (Å²) in [6, 6.07) is 7.85. The fraction of sp³-hybridized carbons (Fsp3) is 0.533. The Morgan fingerprint density at radius 3 is 2.53 bits per heavy atom. The first-order chi connectivity index (χ1) is 9.09. The van der Waals surface area contributed by atoms with Crippen molar-refractivity contribution in [2.45, 2.75) is 32.7 Å². The van der Waals surface area contributed by atoms with Crippen LogP contribution in [-0.4, -0.2) is 25.0 Å². The van der Waals surface area contributed by atoms with Crippen LogP contribution in [0.25, 0.3) is 0 Å². The molecule has 104 valence electrons. The molecule has 1 aromatic rings. The van der Waals surface area contributed by atoms with E-state index in [4.69, 9.17) is 5.73 Å². The molecule has 0 saturated carbocycles. The fourth-order valence-corrected chi connectivity index (χ4v) is 2.30. The van der Waals surface area contributed by atoms with E-state index in [1.165, 1.54) is 12.8 Å². The van der Waals surface area contributed by atoms with Gasteiger partial charge in [0, 0.05) is 19.1 Å². The predicted molar refractivity (Wildman–Crippen MR) is 79.3 cm³/mol. The van der Waals surface area contributed by atoms with E-state index in [2.05, 4.69) is 16.3 Å². The summed E-state index contributed by atoms with van der Waals surface area (Å²) < 4.78 is 0. The number of carbonyl (C=O) groups is 1. The van der Waals surface area contributed by atoms with E-state index < -0.39 is 0 Å². The van der Waals surface area contributed by atoms with Gasteiger partial charge in [0.1, 0.15) is 0 Å². The van der Waals surface area contributed by atoms with Crippen molar-refractivity contribution < 1.29 is 4.79 Å². The Morgan fingerprint density at radius 1 is 1.26 bits per heavy atom. The molecule has 1 aliphatic rings. The standard InChI is InChI=1S/C15H23N3O/c1-11(12(2)16)15(19)17-13-7-3-4-8-14(13)18-9-5-6-10-18/h3-4,7-8,11-12H,5-6,9-10,16H2,1-2H3,(H,17,19). The summed E-state index contributed by atoms with van der Waals surface area (Å²) in [5.41, 5.74) is 7.79. The Balaban J connectivity index is 2.13. The molecule has 3 N–H and O–H groups in total. The molecule has 19 heavy (non-hydrogen) atoms. The number of para-hydroxylation sites is 2. The summed E-state index contributed by atoms with van der Waals surface area (Å²) in [5, 5.41) is 3.01. The van der Waals surface area contributed by atoms with Crippen LogP contribution in [0, 0.1) is 5.92 Å². The van der Waals surface area contributed by atoms with Crippen molar-refractivity contribution in [3.8, 4) is 0 Å². The van der Waals surface area contributed by atoms with Crippen LogP contribution in [0.5, 0.6) is 0 Å². The molecule has 0 radical (unpaired) electrons. The van der Waals surface area contributed by atoms with Gasteiger partial charge in [-0.1, -0.05) is 19.1 Å². The molecule has 1 amide bonds. The largest absolute Gasteiger partial charge is 0.370 e. The van der Waals surface area contributed by atoms with Crippen LogP contribution in [0.15, 0.2) is 24.3 Å². The van der Waals surface area contributed by atoms with E-state index in [-0.39, 0.29) is 17.9 Å². The minimum atomic E-state index is -0.188. The van der Waals surface area contributed by atoms with Gasteiger partial charge < -0.3 is 16.0 Å². The zero-order chi connectivity index (χ0) is 13.8. The topological polar surface area (TPSA) is 58.4 Å². The lowest BCUT2D eigenvalue weighted by molar-refractivity contribution is -0.119. The van der Waals surface area contributed by atoms with Gasteiger partial charge in [-0.15, -0.1) is 0 Å². The zero-order valence-electron chi connectivity index (χ0n) is 11.7. The second-order valence-corrected chi connectivity index (χ2v) is 5.35. The monoisotopic (exact) mass is 261 g/mol. The highest BCUT2D eigenvalue weighted by atomic mass is 16.1. The maximum atomic E-state index is 12.1. The summed E-state index contributed by atoms with van der Waals surface area (Å²) in [7, 11) is 0. The smallest absolute Gasteiger partial charge is 0.228 e. The minimum Gasteiger partial charge on any atom is -0.370 e. The van der Waals surface area contributed by atoms with Crippen molar-refractivity contribution in [2.24, 2.45) is 11.7 Å². The number of amides is 1. The SMILES string of the molecule is CC(N)C(C)C(=O)Nc1ccccc1N1CCCC1. The Labute approximate surface area is 115 Å². The first kappa shape index (κ1) is 13.9. The van der Waals surface area contributed by atoms with Crippen molar-refractivity contribution in [1.29, 1.82) is 0 Å². The van der Waals surface area contributed by atoms with Crippen molar-refractivity contribution in [2.75, 3.05) is 23.3 Å². The summed E-state index contributed by atoms with van der Waals surface area (Å²) in [6.45, 7) is 5.85. The zero-order valence-corrected chi connectivity index (χ0v) is 11.7. The lowest BCUT2D eigenvalue weighted by Gasteiger charge is -2.23. The second-order valence-electron chi connectivity index (χ2n) is 5.35. The van der Waals surface area contributed by atoms with E-state index in [0.717, 1.165) is 24.5 Å². The summed E-state index contributed by atoms with van der Waals surface area (Å²) in [4.78, 5) is 14.4. The Hall–Kier alpha value is -1.55. The van der Waals surface area contributed by atoms with Gasteiger partial charge in [0.05, 0.1) is 17.3 Å². The van der Waals surface area contributed by atoms with E-state index in [0.29, 0.717) is 0 Å². The number of anilines is 2. The molecule has 4 heteroatoms. The molecule has 0 bridgehead atoms. The highest BCUT2D eigenvalue weighted by Gasteiger charge is 2.20. The van der Waals surface area contributed by atoms with Crippen LogP contribution in [-0.2, 0) is 4.79 Å². The molecule has 2 unspecified atom stereocenters. The maximum Gasteiger partial charge on any atom is 0.228 e. The van der Waals surface area contributed by atoms with Crippen molar-refractivity contribution >= 4 is 17.3 Å². The molecule has 4 nitrogen and oxygen atoms in total. The molecule has 1 aliphatic heterocycles. The molecule has 1 saturated heterocycles. The summed E-state index contributed by atoms with van der Waals surface area (Å²) in [5.74, 6) is -0.201. The second kappa shape index (κ2) is 6.06. The van der Waals surface area contributed by atoms with E-state index in [1.807, 2.05) is 32.0 Å². The van der Waals surface area contributed by atoms with Gasteiger partial charge in [0.25, 0.3) is 0 Å². The van der Waals surface area contributed by atoms with Gasteiger partial charge in [-0.2, -0.15) is 0 Å². The third-order valence-electron chi connectivity index (χ3n) is 3.81. The van der Waals surface area contributed by atoms with Crippen LogP contribution in [0.2, 0.25) is 0 Å². The molecule has 0 aromatic heterocycles. The van der Waals surface area contributed by atoms with Gasteiger partial charge in [-0.25, -0.2) is 0 Å². The van der Waals surface area contributed by atoms with Crippen LogP contribution in [0.4, 0.5) is 11.4 Å².